The maximum Gasteiger partial charge on any atom is 0.181 e. The third-order valence-corrected chi connectivity index (χ3v) is 1.77. The number of carbonyl (C=O) groups is 1. The molecule has 0 saturated heterocycles. The van der Waals surface area contributed by atoms with Crippen LogP contribution in [0.15, 0.2) is 12.3 Å². The summed E-state index contributed by atoms with van der Waals surface area (Å²) < 4.78 is 1.64. The molecule has 0 aliphatic heterocycles. The molecular weight excluding hydrogens is 166 g/mol. The molecular formula is C9H11N3O. The summed E-state index contributed by atoms with van der Waals surface area (Å²) in [5.74, 6) is -0.0131. The van der Waals surface area contributed by atoms with Crippen molar-refractivity contribution in [2.24, 2.45) is 0 Å². The standard InChI is InChI=1S/C9H11N3O/c1-2-12-8(5-7-11-12)9(13)4-3-6-10/h5,7H,2-4H2,1H3. The van der Waals surface area contributed by atoms with E-state index < -0.39 is 0 Å². The van der Waals surface area contributed by atoms with Gasteiger partial charge < -0.3 is 0 Å². The van der Waals surface area contributed by atoms with Crippen molar-refractivity contribution >= 4 is 5.78 Å². The molecule has 4 nitrogen and oxygen atoms in total. The van der Waals surface area contributed by atoms with Crippen molar-refractivity contribution in [1.29, 1.82) is 5.26 Å². The Balaban J connectivity index is 2.71. The van der Waals surface area contributed by atoms with Gasteiger partial charge in [0.2, 0.25) is 0 Å². The van der Waals surface area contributed by atoms with Crippen LogP contribution in [-0.2, 0) is 6.54 Å². The topological polar surface area (TPSA) is 58.7 Å². The highest BCUT2D eigenvalue weighted by Gasteiger charge is 2.09. The molecule has 0 fully saturated rings. The molecule has 0 saturated carbocycles. The van der Waals surface area contributed by atoms with Crippen LogP contribution < -0.4 is 0 Å². The van der Waals surface area contributed by atoms with E-state index in [0.717, 1.165) is 0 Å². The fourth-order valence-corrected chi connectivity index (χ4v) is 1.12. The number of carbonyl (C=O) groups excluding carboxylic acids is 1. The Morgan fingerprint density at radius 2 is 2.54 bits per heavy atom. The summed E-state index contributed by atoms with van der Waals surface area (Å²) in [5, 5.41) is 12.3. The third-order valence-electron chi connectivity index (χ3n) is 1.77. The average Bonchev–Trinajstić information content (AvgIpc) is 2.61. The van der Waals surface area contributed by atoms with E-state index in [4.69, 9.17) is 5.26 Å². The van der Waals surface area contributed by atoms with Crippen LogP contribution in [0.5, 0.6) is 0 Å². The lowest BCUT2D eigenvalue weighted by Crippen LogP contribution is -2.08. The molecule has 0 atom stereocenters. The summed E-state index contributed by atoms with van der Waals surface area (Å²) in [6.45, 7) is 2.61. The molecule has 0 spiro atoms. The first-order valence-corrected chi connectivity index (χ1v) is 4.21. The number of aromatic nitrogens is 2. The van der Waals surface area contributed by atoms with Crippen LogP contribution >= 0.6 is 0 Å². The van der Waals surface area contributed by atoms with Crippen LogP contribution in [0.1, 0.15) is 30.3 Å². The van der Waals surface area contributed by atoms with Gasteiger partial charge in [0.25, 0.3) is 0 Å². The van der Waals surface area contributed by atoms with Crippen molar-refractivity contribution in [3.63, 3.8) is 0 Å². The highest BCUT2D eigenvalue weighted by Crippen LogP contribution is 2.04. The molecule has 0 bridgehead atoms. The van der Waals surface area contributed by atoms with E-state index in [1.807, 2.05) is 13.0 Å². The molecule has 1 rings (SSSR count). The van der Waals surface area contributed by atoms with Crippen LogP contribution in [0.4, 0.5) is 0 Å². The van der Waals surface area contributed by atoms with Gasteiger partial charge >= 0.3 is 0 Å². The molecule has 1 aromatic heterocycles. The Kier molecular flexibility index (Phi) is 3.21. The summed E-state index contributed by atoms with van der Waals surface area (Å²) in [6.07, 6.45) is 2.15. The Hall–Kier alpha value is -1.63. The molecule has 0 radical (unpaired) electrons. The SMILES string of the molecule is CCn1nccc1C(=O)CCC#N. The fraction of sp³-hybridized carbons (Fsp3) is 0.444. The highest BCUT2D eigenvalue weighted by molar-refractivity contribution is 5.94. The molecule has 1 aromatic rings. The first-order chi connectivity index (χ1) is 6.29. The van der Waals surface area contributed by atoms with Crippen molar-refractivity contribution < 1.29 is 4.79 Å². The lowest BCUT2D eigenvalue weighted by molar-refractivity contribution is 0.0974. The average molecular weight is 177 g/mol. The Bertz CT molecular complexity index is 335. The van der Waals surface area contributed by atoms with Gasteiger partial charge in [-0.15, -0.1) is 0 Å². The Morgan fingerprint density at radius 1 is 1.77 bits per heavy atom. The summed E-state index contributed by atoms with van der Waals surface area (Å²) >= 11 is 0. The number of hydrogen-bond donors (Lipinski definition) is 0. The second-order valence-electron chi connectivity index (χ2n) is 2.61. The van der Waals surface area contributed by atoms with Crippen LogP contribution in [0, 0.1) is 11.3 Å². The van der Waals surface area contributed by atoms with Gasteiger partial charge in [-0.3, -0.25) is 9.48 Å². The number of ketones is 1. The van der Waals surface area contributed by atoms with Gasteiger partial charge in [0.05, 0.1) is 6.07 Å². The zero-order chi connectivity index (χ0) is 9.68. The lowest BCUT2D eigenvalue weighted by atomic mass is 10.2. The Morgan fingerprint density at radius 3 is 3.15 bits per heavy atom. The number of hydrogen-bond acceptors (Lipinski definition) is 3. The molecule has 4 heteroatoms. The number of Topliss-reactive ketones (excluding diaryl/α,β-unsaturated/α-hetero) is 1. The van der Waals surface area contributed by atoms with Crippen molar-refractivity contribution in [2.75, 3.05) is 0 Å². The number of nitriles is 1. The Labute approximate surface area is 76.8 Å². The van der Waals surface area contributed by atoms with Crippen LogP contribution in [-0.4, -0.2) is 15.6 Å². The monoisotopic (exact) mass is 177 g/mol. The predicted octanol–water partition coefficient (Wildman–Crippen LogP) is 1.39. The second-order valence-corrected chi connectivity index (χ2v) is 2.61. The zero-order valence-corrected chi connectivity index (χ0v) is 7.53. The number of aryl methyl sites for hydroxylation is 1. The van der Waals surface area contributed by atoms with Gasteiger partial charge in [-0.25, -0.2) is 0 Å². The fourth-order valence-electron chi connectivity index (χ4n) is 1.12. The minimum absolute atomic E-state index is 0.0131. The van der Waals surface area contributed by atoms with Gasteiger partial charge in [-0.1, -0.05) is 0 Å². The van der Waals surface area contributed by atoms with Crippen molar-refractivity contribution in [3.05, 3.63) is 18.0 Å². The van der Waals surface area contributed by atoms with Crippen molar-refractivity contribution in [3.8, 4) is 6.07 Å². The minimum atomic E-state index is -0.0131. The predicted molar refractivity (Wildman–Crippen MR) is 47.1 cm³/mol. The smallest absolute Gasteiger partial charge is 0.181 e. The maximum atomic E-state index is 11.4. The molecule has 0 aliphatic rings. The summed E-state index contributed by atoms with van der Waals surface area (Å²) in [7, 11) is 0. The quantitative estimate of drug-likeness (QED) is 0.653. The van der Waals surface area contributed by atoms with Gasteiger partial charge in [0, 0.05) is 25.6 Å². The molecule has 1 heterocycles. The van der Waals surface area contributed by atoms with E-state index in [9.17, 15) is 4.79 Å². The van der Waals surface area contributed by atoms with Crippen molar-refractivity contribution in [2.45, 2.75) is 26.3 Å². The summed E-state index contributed by atoms with van der Waals surface area (Å²) in [6, 6.07) is 3.63. The van der Waals surface area contributed by atoms with Crippen LogP contribution in [0.2, 0.25) is 0 Å². The molecule has 0 N–H and O–H groups in total. The maximum absolute atomic E-state index is 11.4. The summed E-state index contributed by atoms with van der Waals surface area (Å²) in [5.41, 5.74) is 0.595. The number of rotatable bonds is 4. The molecule has 0 aromatic carbocycles. The van der Waals surface area contributed by atoms with E-state index >= 15 is 0 Å². The van der Waals surface area contributed by atoms with Gasteiger partial charge in [0.15, 0.2) is 5.78 Å². The second kappa shape index (κ2) is 4.41. The third kappa shape index (κ3) is 2.15. The van der Waals surface area contributed by atoms with Gasteiger partial charge in [-0.2, -0.15) is 10.4 Å². The largest absolute Gasteiger partial charge is 0.292 e. The van der Waals surface area contributed by atoms with Crippen LogP contribution in [0.25, 0.3) is 0 Å². The van der Waals surface area contributed by atoms with Gasteiger partial charge in [-0.05, 0) is 13.0 Å². The van der Waals surface area contributed by atoms with E-state index in [1.54, 1.807) is 16.9 Å². The van der Waals surface area contributed by atoms with E-state index in [2.05, 4.69) is 5.10 Å². The molecule has 68 valence electrons. The first kappa shape index (κ1) is 9.46. The van der Waals surface area contributed by atoms with Gasteiger partial charge in [0.1, 0.15) is 5.69 Å². The molecule has 0 aliphatic carbocycles. The summed E-state index contributed by atoms with van der Waals surface area (Å²) in [4.78, 5) is 11.4. The molecule has 0 unspecified atom stereocenters. The minimum Gasteiger partial charge on any atom is -0.292 e. The zero-order valence-electron chi connectivity index (χ0n) is 7.53. The molecule has 0 amide bonds. The lowest BCUT2D eigenvalue weighted by Gasteiger charge is -2.01. The van der Waals surface area contributed by atoms with Crippen molar-refractivity contribution in [1.82, 2.24) is 9.78 Å². The van der Waals surface area contributed by atoms with Crippen LogP contribution in [0.3, 0.4) is 0 Å². The molecule has 13 heavy (non-hydrogen) atoms. The normalized spacial score (nSPS) is 9.54. The van der Waals surface area contributed by atoms with E-state index in [1.165, 1.54) is 0 Å². The highest BCUT2D eigenvalue weighted by atomic mass is 16.1. The number of nitrogens with zero attached hydrogens (tertiary/aromatic N) is 3. The first-order valence-electron chi connectivity index (χ1n) is 4.21. The van der Waals surface area contributed by atoms with E-state index in [-0.39, 0.29) is 18.6 Å². The van der Waals surface area contributed by atoms with E-state index in [0.29, 0.717) is 12.2 Å².